The zero-order valence-electron chi connectivity index (χ0n) is 11.3. The molecule has 0 radical (unpaired) electrons. The van der Waals surface area contributed by atoms with Gasteiger partial charge in [-0.15, -0.1) is 0 Å². The third-order valence-electron chi connectivity index (χ3n) is 4.44. The van der Waals surface area contributed by atoms with Crippen LogP contribution in [0.4, 0.5) is 0 Å². The number of likely N-dealkylation sites (N-methyl/N-ethyl adjacent to an activating group) is 1. The van der Waals surface area contributed by atoms with Crippen molar-refractivity contribution in [3.63, 3.8) is 0 Å². The van der Waals surface area contributed by atoms with Crippen molar-refractivity contribution in [2.75, 3.05) is 20.7 Å². The van der Waals surface area contributed by atoms with Crippen molar-refractivity contribution in [3.8, 4) is 5.75 Å². The molecule has 0 aromatic heterocycles. The van der Waals surface area contributed by atoms with E-state index in [-0.39, 0.29) is 17.9 Å². The van der Waals surface area contributed by atoms with Crippen LogP contribution in [0.2, 0.25) is 0 Å². The van der Waals surface area contributed by atoms with E-state index in [9.17, 15) is 4.79 Å². The first-order chi connectivity index (χ1) is 9.11. The van der Waals surface area contributed by atoms with Crippen molar-refractivity contribution in [2.24, 2.45) is 11.8 Å². The van der Waals surface area contributed by atoms with Crippen LogP contribution in [0.3, 0.4) is 0 Å². The number of aliphatic carboxylic acids is 1. The minimum Gasteiger partial charge on any atom is -0.497 e. The Balaban J connectivity index is 1.94. The van der Waals surface area contributed by atoms with Crippen LogP contribution in [0.5, 0.6) is 5.75 Å². The molecule has 102 valence electrons. The van der Waals surface area contributed by atoms with Gasteiger partial charge in [-0.05, 0) is 49.1 Å². The zero-order valence-corrected chi connectivity index (χ0v) is 11.3. The van der Waals surface area contributed by atoms with Gasteiger partial charge >= 0.3 is 5.97 Å². The Labute approximate surface area is 113 Å². The van der Waals surface area contributed by atoms with E-state index in [1.165, 1.54) is 11.1 Å². The molecule has 1 aliphatic heterocycles. The molecule has 19 heavy (non-hydrogen) atoms. The molecule has 1 aliphatic carbocycles. The molecule has 1 fully saturated rings. The summed E-state index contributed by atoms with van der Waals surface area (Å²) in [5.74, 6) is 0.262. The van der Waals surface area contributed by atoms with Crippen molar-refractivity contribution < 1.29 is 14.6 Å². The predicted octanol–water partition coefficient (Wildman–Crippen LogP) is 1.94. The Morgan fingerprint density at radius 3 is 2.89 bits per heavy atom. The smallest absolute Gasteiger partial charge is 0.306 e. The predicted molar refractivity (Wildman–Crippen MR) is 71.3 cm³/mol. The minimum atomic E-state index is -0.659. The summed E-state index contributed by atoms with van der Waals surface area (Å²) in [6, 6.07) is 6.40. The number of carboxylic acids is 1. The molecule has 4 nitrogen and oxygen atoms in total. The van der Waals surface area contributed by atoms with Crippen molar-refractivity contribution in [1.29, 1.82) is 0 Å². The van der Waals surface area contributed by atoms with Crippen LogP contribution in [0, 0.1) is 11.8 Å². The van der Waals surface area contributed by atoms with Gasteiger partial charge < -0.3 is 9.84 Å². The maximum absolute atomic E-state index is 11.1. The van der Waals surface area contributed by atoms with E-state index in [4.69, 9.17) is 9.84 Å². The molecule has 1 heterocycles. The molecular formula is C15H19NO3. The quantitative estimate of drug-likeness (QED) is 0.903. The highest BCUT2D eigenvalue weighted by molar-refractivity contribution is 5.73. The van der Waals surface area contributed by atoms with Crippen LogP contribution < -0.4 is 4.74 Å². The van der Waals surface area contributed by atoms with Crippen molar-refractivity contribution in [2.45, 2.75) is 18.9 Å². The van der Waals surface area contributed by atoms with Crippen LogP contribution in [-0.2, 0) is 11.2 Å². The average molecular weight is 261 g/mol. The summed E-state index contributed by atoms with van der Waals surface area (Å²) >= 11 is 0. The SMILES string of the molecule is COc1ccc2c(c1)C(C1CC1C(=O)O)N(C)CC2. The highest BCUT2D eigenvalue weighted by Gasteiger charge is 2.50. The summed E-state index contributed by atoms with van der Waals surface area (Å²) in [6.07, 6.45) is 1.82. The topological polar surface area (TPSA) is 49.8 Å². The lowest BCUT2D eigenvalue weighted by atomic mass is 9.89. The van der Waals surface area contributed by atoms with E-state index in [0.29, 0.717) is 0 Å². The summed E-state index contributed by atoms with van der Waals surface area (Å²) in [5, 5.41) is 9.15. The number of ether oxygens (including phenoxy) is 1. The number of carbonyl (C=O) groups is 1. The highest BCUT2D eigenvalue weighted by Crippen LogP contribution is 2.52. The molecular weight excluding hydrogens is 242 g/mol. The summed E-state index contributed by atoms with van der Waals surface area (Å²) in [5.41, 5.74) is 2.58. The van der Waals surface area contributed by atoms with Crippen LogP contribution in [-0.4, -0.2) is 36.7 Å². The Morgan fingerprint density at radius 2 is 2.26 bits per heavy atom. The zero-order chi connectivity index (χ0) is 13.6. The van der Waals surface area contributed by atoms with Gasteiger partial charge in [-0.1, -0.05) is 6.07 Å². The molecule has 1 saturated carbocycles. The Morgan fingerprint density at radius 1 is 1.47 bits per heavy atom. The van der Waals surface area contributed by atoms with E-state index in [1.807, 2.05) is 6.07 Å². The monoisotopic (exact) mass is 261 g/mol. The maximum atomic E-state index is 11.1. The first-order valence-corrected chi connectivity index (χ1v) is 6.71. The molecule has 3 unspecified atom stereocenters. The largest absolute Gasteiger partial charge is 0.497 e. The molecule has 3 atom stereocenters. The van der Waals surface area contributed by atoms with E-state index in [1.54, 1.807) is 7.11 Å². The standard InChI is InChI=1S/C15H19NO3/c1-16-6-5-9-3-4-10(19-2)7-11(9)14(16)12-8-13(12)15(17)18/h3-4,7,12-14H,5-6,8H2,1-2H3,(H,17,18). The van der Waals surface area contributed by atoms with E-state index in [2.05, 4.69) is 24.1 Å². The van der Waals surface area contributed by atoms with E-state index in [0.717, 1.165) is 25.1 Å². The number of carboxylic acid groups (broad SMARTS) is 1. The summed E-state index contributed by atoms with van der Waals surface area (Å²) in [6.45, 7) is 0.993. The molecule has 1 aromatic rings. The van der Waals surface area contributed by atoms with Gasteiger partial charge in [0.2, 0.25) is 0 Å². The Bertz CT molecular complexity index is 514. The lowest BCUT2D eigenvalue weighted by Crippen LogP contribution is -2.34. The molecule has 1 N–H and O–H groups in total. The van der Waals surface area contributed by atoms with Gasteiger partial charge in [-0.25, -0.2) is 0 Å². The molecule has 3 rings (SSSR count). The summed E-state index contributed by atoms with van der Waals surface area (Å²) in [7, 11) is 3.75. The molecule has 2 aliphatic rings. The first-order valence-electron chi connectivity index (χ1n) is 6.71. The number of methoxy groups -OCH3 is 1. The number of benzene rings is 1. The molecule has 0 amide bonds. The molecule has 0 spiro atoms. The van der Waals surface area contributed by atoms with Crippen molar-refractivity contribution in [1.82, 2.24) is 4.90 Å². The third-order valence-corrected chi connectivity index (χ3v) is 4.44. The fourth-order valence-corrected chi connectivity index (χ4v) is 3.28. The second kappa shape index (κ2) is 4.53. The van der Waals surface area contributed by atoms with Gasteiger partial charge in [0.15, 0.2) is 0 Å². The van der Waals surface area contributed by atoms with Crippen LogP contribution in [0.25, 0.3) is 0 Å². The highest BCUT2D eigenvalue weighted by atomic mass is 16.5. The Hall–Kier alpha value is -1.55. The summed E-state index contributed by atoms with van der Waals surface area (Å²) < 4.78 is 5.30. The Kier molecular flexibility index (Phi) is 2.97. The van der Waals surface area contributed by atoms with Crippen LogP contribution in [0.15, 0.2) is 18.2 Å². The van der Waals surface area contributed by atoms with Crippen LogP contribution >= 0.6 is 0 Å². The van der Waals surface area contributed by atoms with Gasteiger partial charge in [0.1, 0.15) is 5.75 Å². The lowest BCUT2D eigenvalue weighted by molar-refractivity contribution is -0.139. The van der Waals surface area contributed by atoms with Gasteiger partial charge in [0.25, 0.3) is 0 Å². The molecule has 1 aromatic carbocycles. The number of fused-ring (bicyclic) bond motifs is 1. The number of hydrogen-bond donors (Lipinski definition) is 1. The van der Waals surface area contributed by atoms with E-state index >= 15 is 0 Å². The molecule has 0 bridgehead atoms. The fourth-order valence-electron chi connectivity index (χ4n) is 3.28. The summed E-state index contributed by atoms with van der Waals surface area (Å²) in [4.78, 5) is 13.4. The van der Waals surface area contributed by atoms with Gasteiger partial charge in [-0.3, -0.25) is 9.69 Å². The van der Waals surface area contributed by atoms with Gasteiger partial charge in [0.05, 0.1) is 13.0 Å². The van der Waals surface area contributed by atoms with E-state index < -0.39 is 5.97 Å². The number of hydrogen-bond acceptors (Lipinski definition) is 3. The second-order valence-corrected chi connectivity index (χ2v) is 5.58. The van der Waals surface area contributed by atoms with Gasteiger partial charge in [0, 0.05) is 12.6 Å². The first kappa shape index (κ1) is 12.5. The van der Waals surface area contributed by atoms with Crippen molar-refractivity contribution >= 4 is 5.97 Å². The average Bonchev–Trinajstić information content (AvgIpc) is 3.18. The van der Waals surface area contributed by atoms with Crippen molar-refractivity contribution in [3.05, 3.63) is 29.3 Å². The number of rotatable bonds is 3. The van der Waals surface area contributed by atoms with Crippen LogP contribution in [0.1, 0.15) is 23.6 Å². The normalized spacial score (nSPS) is 29.7. The minimum absolute atomic E-state index is 0.176. The van der Waals surface area contributed by atoms with Gasteiger partial charge in [-0.2, -0.15) is 0 Å². The third kappa shape index (κ3) is 2.10. The lowest BCUT2D eigenvalue weighted by Gasteiger charge is -2.35. The molecule has 4 heteroatoms. The molecule has 0 saturated heterocycles. The second-order valence-electron chi connectivity index (χ2n) is 5.58. The number of nitrogens with zero attached hydrogens (tertiary/aromatic N) is 1. The fraction of sp³-hybridized carbons (Fsp3) is 0.533. The maximum Gasteiger partial charge on any atom is 0.306 e.